The van der Waals surface area contributed by atoms with E-state index in [2.05, 4.69) is 27.0 Å². The predicted octanol–water partition coefficient (Wildman–Crippen LogP) is 2.32. The Kier molecular flexibility index (Phi) is 3.01. The van der Waals surface area contributed by atoms with Gasteiger partial charge >= 0.3 is 0 Å². The van der Waals surface area contributed by atoms with Crippen LogP contribution in [0.4, 0.5) is 5.69 Å². The summed E-state index contributed by atoms with van der Waals surface area (Å²) in [5.74, 6) is 0. The van der Waals surface area contributed by atoms with Crippen LogP contribution in [-0.4, -0.2) is 4.21 Å². The van der Waals surface area contributed by atoms with E-state index in [-0.39, 0.29) is 11.5 Å². The van der Waals surface area contributed by atoms with E-state index in [1.807, 2.05) is 24.3 Å². The Morgan fingerprint density at radius 3 is 2.40 bits per heavy atom. The molecule has 0 saturated carbocycles. The summed E-state index contributed by atoms with van der Waals surface area (Å²) in [4.78, 5) is 0. The van der Waals surface area contributed by atoms with Gasteiger partial charge in [-0.2, -0.15) is 8.57 Å². The molecular formula is C6H4INOS. The molecule has 0 spiro atoms. The molecule has 0 N–H and O–H groups in total. The van der Waals surface area contributed by atoms with Crippen molar-refractivity contribution in [2.75, 3.05) is 0 Å². The average molecular weight is 265 g/mol. The van der Waals surface area contributed by atoms with E-state index in [1.165, 1.54) is 0 Å². The third-order valence-electron chi connectivity index (χ3n) is 0.969. The van der Waals surface area contributed by atoms with Crippen molar-refractivity contribution in [3.63, 3.8) is 0 Å². The molecule has 0 atom stereocenters. The molecule has 52 valence electrons. The van der Waals surface area contributed by atoms with Gasteiger partial charge in [-0.05, 0) is 46.9 Å². The SMILES string of the molecule is O=S=Nc1ccc(I)cc1. The molecule has 1 aromatic rings. The Balaban J connectivity index is 3.00. The second-order valence-electron chi connectivity index (χ2n) is 1.64. The molecule has 0 aliphatic rings. The normalized spacial score (nSPS) is 8.90. The van der Waals surface area contributed by atoms with Crippen LogP contribution >= 0.6 is 22.6 Å². The molecule has 0 aromatic heterocycles. The quantitative estimate of drug-likeness (QED) is 0.716. The molecule has 1 rings (SSSR count). The molecule has 0 aliphatic carbocycles. The molecule has 2 nitrogen and oxygen atoms in total. The first-order valence-electron chi connectivity index (χ1n) is 2.58. The Bertz CT molecular complexity index is 266. The highest BCUT2D eigenvalue weighted by Gasteiger charge is 1.86. The van der Waals surface area contributed by atoms with E-state index < -0.39 is 0 Å². The summed E-state index contributed by atoms with van der Waals surface area (Å²) in [5, 5.41) is 0. The van der Waals surface area contributed by atoms with Crippen LogP contribution in [-0.2, 0) is 11.5 Å². The molecule has 4 heteroatoms. The van der Waals surface area contributed by atoms with Crippen LogP contribution in [0.1, 0.15) is 0 Å². The fourth-order valence-electron chi connectivity index (χ4n) is 0.545. The van der Waals surface area contributed by atoms with Gasteiger partial charge in [0, 0.05) is 3.57 Å². The first-order valence-corrected chi connectivity index (χ1v) is 4.36. The Labute approximate surface area is 76.0 Å². The largest absolute Gasteiger partial charge is 0.205 e. The summed E-state index contributed by atoms with van der Waals surface area (Å²) in [6, 6.07) is 7.45. The van der Waals surface area contributed by atoms with Crippen LogP contribution in [0.5, 0.6) is 0 Å². The van der Waals surface area contributed by atoms with Gasteiger partial charge in [-0.25, -0.2) is 0 Å². The zero-order valence-electron chi connectivity index (χ0n) is 4.95. The van der Waals surface area contributed by atoms with Gasteiger partial charge in [-0.3, -0.25) is 0 Å². The lowest BCUT2D eigenvalue weighted by molar-refractivity contribution is 0.698. The van der Waals surface area contributed by atoms with Gasteiger partial charge in [0.25, 0.3) is 0 Å². The molecule has 0 aliphatic heterocycles. The molecule has 0 bridgehead atoms. The highest BCUT2D eigenvalue weighted by Crippen LogP contribution is 2.13. The molecule has 0 fully saturated rings. The molecule has 0 radical (unpaired) electrons. The fraction of sp³-hybridized carbons (Fsp3) is 0. The summed E-state index contributed by atoms with van der Waals surface area (Å²) >= 11 is 2.43. The lowest BCUT2D eigenvalue weighted by Gasteiger charge is -1.88. The van der Waals surface area contributed by atoms with Crippen LogP contribution < -0.4 is 0 Å². The Morgan fingerprint density at radius 1 is 1.30 bits per heavy atom. The maximum atomic E-state index is 9.93. The minimum Gasteiger partial charge on any atom is -0.191 e. The van der Waals surface area contributed by atoms with Crippen molar-refractivity contribution >= 4 is 39.7 Å². The maximum Gasteiger partial charge on any atom is 0.205 e. The fourth-order valence-corrected chi connectivity index (χ4v) is 1.11. The highest BCUT2D eigenvalue weighted by molar-refractivity contribution is 14.1. The average Bonchev–Trinajstić information content (AvgIpc) is 1.95. The number of rotatable bonds is 1. The first-order chi connectivity index (χ1) is 4.83. The molecule has 0 amide bonds. The summed E-state index contributed by atoms with van der Waals surface area (Å²) in [6.45, 7) is 0. The third-order valence-corrected chi connectivity index (χ3v) is 1.97. The molecular weight excluding hydrogens is 261 g/mol. The second kappa shape index (κ2) is 3.82. The van der Waals surface area contributed by atoms with Gasteiger partial charge in [0.15, 0.2) is 0 Å². The van der Waals surface area contributed by atoms with Crippen LogP contribution in [0.25, 0.3) is 0 Å². The van der Waals surface area contributed by atoms with Crippen molar-refractivity contribution in [1.82, 2.24) is 0 Å². The number of hydrogen-bond donors (Lipinski definition) is 0. The van der Waals surface area contributed by atoms with Gasteiger partial charge in [-0.15, -0.1) is 0 Å². The van der Waals surface area contributed by atoms with Crippen molar-refractivity contribution in [3.8, 4) is 0 Å². The van der Waals surface area contributed by atoms with Crippen LogP contribution in [0.15, 0.2) is 28.6 Å². The predicted molar refractivity (Wildman–Crippen MR) is 49.4 cm³/mol. The molecule has 0 unspecified atom stereocenters. The summed E-state index contributed by atoms with van der Waals surface area (Å²) in [6.07, 6.45) is 0. The van der Waals surface area contributed by atoms with E-state index in [0.29, 0.717) is 0 Å². The zero-order chi connectivity index (χ0) is 7.40. The van der Waals surface area contributed by atoms with Crippen molar-refractivity contribution < 1.29 is 4.21 Å². The van der Waals surface area contributed by atoms with E-state index in [1.54, 1.807) is 0 Å². The minimum atomic E-state index is 0.233. The van der Waals surface area contributed by atoms with E-state index in [9.17, 15) is 4.21 Å². The number of hydrogen-bond acceptors (Lipinski definition) is 2. The zero-order valence-corrected chi connectivity index (χ0v) is 7.93. The lowest BCUT2D eigenvalue weighted by Crippen LogP contribution is -1.65. The van der Waals surface area contributed by atoms with Gasteiger partial charge in [0.2, 0.25) is 11.5 Å². The first kappa shape index (κ1) is 7.87. The van der Waals surface area contributed by atoms with E-state index in [4.69, 9.17) is 0 Å². The topological polar surface area (TPSA) is 29.4 Å². The summed E-state index contributed by atoms with van der Waals surface area (Å²) in [7, 11) is 0. The van der Waals surface area contributed by atoms with Gasteiger partial charge in [0.05, 0.1) is 5.69 Å². The van der Waals surface area contributed by atoms with Crippen molar-refractivity contribution in [2.45, 2.75) is 0 Å². The van der Waals surface area contributed by atoms with Gasteiger partial charge in [-0.1, -0.05) is 0 Å². The number of nitrogens with zero attached hydrogens (tertiary/aromatic N) is 1. The molecule has 0 heterocycles. The van der Waals surface area contributed by atoms with Crippen molar-refractivity contribution in [2.24, 2.45) is 4.36 Å². The maximum absolute atomic E-state index is 9.93. The Hall–Kier alpha value is -0.230. The van der Waals surface area contributed by atoms with E-state index >= 15 is 0 Å². The summed E-state index contributed by atoms with van der Waals surface area (Å²) in [5.41, 5.74) is 0.723. The lowest BCUT2D eigenvalue weighted by atomic mass is 10.3. The van der Waals surface area contributed by atoms with Crippen LogP contribution in [0.3, 0.4) is 0 Å². The van der Waals surface area contributed by atoms with Crippen molar-refractivity contribution in [1.29, 1.82) is 0 Å². The van der Waals surface area contributed by atoms with Gasteiger partial charge in [0.1, 0.15) is 0 Å². The standard InChI is InChI=1S/C6H4INOS/c7-5-1-3-6(4-2-5)8-10-9/h1-4H. The van der Waals surface area contributed by atoms with Crippen molar-refractivity contribution in [3.05, 3.63) is 27.8 Å². The highest BCUT2D eigenvalue weighted by atomic mass is 127. The smallest absolute Gasteiger partial charge is 0.191 e. The second-order valence-corrected chi connectivity index (χ2v) is 3.22. The minimum absolute atomic E-state index is 0.233. The Morgan fingerprint density at radius 2 is 1.90 bits per heavy atom. The molecule has 0 saturated heterocycles. The van der Waals surface area contributed by atoms with Gasteiger partial charge < -0.3 is 0 Å². The molecule has 10 heavy (non-hydrogen) atoms. The summed E-state index contributed by atoms with van der Waals surface area (Å²) < 4.78 is 14.7. The monoisotopic (exact) mass is 265 g/mol. The van der Waals surface area contributed by atoms with Crippen LogP contribution in [0.2, 0.25) is 0 Å². The molecule has 1 aromatic carbocycles. The van der Waals surface area contributed by atoms with E-state index in [0.717, 1.165) is 9.26 Å². The van der Waals surface area contributed by atoms with Crippen LogP contribution in [0, 0.1) is 3.57 Å². The third kappa shape index (κ3) is 2.18. The number of benzene rings is 1. The number of halogens is 1.